The number of hydrazone groups is 1. The van der Waals surface area contributed by atoms with E-state index in [0.29, 0.717) is 29.9 Å². The van der Waals surface area contributed by atoms with Crippen LogP contribution in [-0.2, 0) is 16.1 Å². The molecule has 140 valence electrons. The molecule has 4 N–H and O–H groups in total. The van der Waals surface area contributed by atoms with E-state index >= 15 is 0 Å². The SMILES string of the molecule is COC(=O)c1ccc(CN2N=C(c3ccc(N)c(N)c3)C(C)CC2=O)cc1. The second kappa shape index (κ2) is 7.49. The molecule has 27 heavy (non-hydrogen) atoms. The summed E-state index contributed by atoms with van der Waals surface area (Å²) in [4.78, 5) is 24.0. The number of ether oxygens (including phenoxy) is 1. The molecular formula is C20H22N4O3. The van der Waals surface area contributed by atoms with Crippen molar-refractivity contribution in [1.82, 2.24) is 5.01 Å². The minimum Gasteiger partial charge on any atom is -0.465 e. The molecule has 0 radical (unpaired) electrons. The molecule has 1 heterocycles. The maximum absolute atomic E-state index is 12.4. The number of nitrogen functional groups attached to an aromatic ring is 2. The predicted molar refractivity (Wildman–Crippen MR) is 104 cm³/mol. The Balaban J connectivity index is 1.85. The van der Waals surface area contributed by atoms with Crippen LogP contribution in [0, 0.1) is 5.92 Å². The Morgan fingerprint density at radius 1 is 1.19 bits per heavy atom. The van der Waals surface area contributed by atoms with Gasteiger partial charge in [-0.05, 0) is 29.8 Å². The molecule has 2 aromatic rings. The first kappa shape index (κ1) is 18.4. The van der Waals surface area contributed by atoms with Gasteiger partial charge in [0.15, 0.2) is 0 Å². The van der Waals surface area contributed by atoms with Crippen LogP contribution in [0.5, 0.6) is 0 Å². The van der Waals surface area contributed by atoms with Crippen LogP contribution in [0.1, 0.15) is 34.8 Å². The van der Waals surface area contributed by atoms with Crippen LogP contribution in [-0.4, -0.2) is 29.7 Å². The zero-order chi connectivity index (χ0) is 19.6. The fourth-order valence-electron chi connectivity index (χ4n) is 2.99. The van der Waals surface area contributed by atoms with E-state index in [2.05, 4.69) is 5.10 Å². The van der Waals surface area contributed by atoms with Gasteiger partial charge >= 0.3 is 5.97 Å². The third-order valence-corrected chi connectivity index (χ3v) is 4.55. The van der Waals surface area contributed by atoms with Crippen molar-refractivity contribution in [3.8, 4) is 0 Å². The summed E-state index contributed by atoms with van der Waals surface area (Å²) in [6.45, 7) is 2.28. The van der Waals surface area contributed by atoms with E-state index < -0.39 is 5.97 Å². The number of carbonyl (C=O) groups excluding carboxylic acids is 2. The first-order valence-electron chi connectivity index (χ1n) is 8.60. The zero-order valence-electron chi connectivity index (χ0n) is 15.3. The summed E-state index contributed by atoms with van der Waals surface area (Å²) in [7, 11) is 1.34. The van der Waals surface area contributed by atoms with Gasteiger partial charge in [-0.25, -0.2) is 9.80 Å². The molecule has 7 heteroatoms. The van der Waals surface area contributed by atoms with Gasteiger partial charge < -0.3 is 16.2 Å². The lowest BCUT2D eigenvalue weighted by Crippen LogP contribution is -2.36. The van der Waals surface area contributed by atoms with Crippen LogP contribution in [0.15, 0.2) is 47.6 Å². The largest absolute Gasteiger partial charge is 0.465 e. The number of nitrogens with two attached hydrogens (primary N) is 2. The Kier molecular flexibility index (Phi) is 5.12. The quantitative estimate of drug-likeness (QED) is 0.638. The highest BCUT2D eigenvalue weighted by Gasteiger charge is 2.27. The number of amides is 1. The van der Waals surface area contributed by atoms with Crippen LogP contribution in [0.25, 0.3) is 0 Å². The second-order valence-corrected chi connectivity index (χ2v) is 6.57. The fourth-order valence-corrected chi connectivity index (χ4v) is 2.99. The summed E-state index contributed by atoms with van der Waals surface area (Å²) in [5, 5.41) is 6.02. The molecular weight excluding hydrogens is 344 g/mol. The van der Waals surface area contributed by atoms with Crippen LogP contribution in [0.3, 0.4) is 0 Å². The Morgan fingerprint density at radius 2 is 1.89 bits per heavy atom. The minimum atomic E-state index is -0.398. The van der Waals surface area contributed by atoms with Crippen molar-refractivity contribution in [2.75, 3.05) is 18.6 Å². The molecule has 0 saturated carbocycles. The average molecular weight is 366 g/mol. The number of carbonyl (C=O) groups is 2. The molecule has 0 aromatic heterocycles. The molecule has 0 saturated heterocycles. The van der Waals surface area contributed by atoms with Gasteiger partial charge in [-0.15, -0.1) is 0 Å². The Morgan fingerprint density at radius 3 is 2.52 bits per heavy atom. The van der Waals surface area contributed by atoms with Gasteiger partial charge in [0.1, 0.15) is 0 Å². The highest BCUT2D eigenvalue weighted by atomic mass is 16.5. The average Bonchev–Trinajstić information content (AvgIpc) is 2.66. The number of nitrogens with zero attached hydrogens (tertiary/aromatic N) is 2. The third kappa shape index (κ3) is 3.92. The van der Waals surface area contributed by atoms with Crippen molar-refractivity contribution in [3.63, 3.8) is 0 Å². The summed E-state index contributed by atoms with van der Waals surface area (Å²) in [5.74, 6) is -0.462. The number of anilines is 2. The normalized spacial score (nSPS) is 16.8. The molecule has 1 atom stereocenters. The highest BCUT2D eigenvalue weighted by molar-refractivity contribution is 6.06. The Bertz CT molecular complexity index is 906. The predicted octanol–water partition coefficient (Wildman–Crippen LogP) is 2.41. The van der Waals surface area contributed by atoms with Crippen molar-refractivity contribution in [1.29, 1.82) is 0 Å². The smallest absolute Gasteiger partial charge is 0.337 e. The third-order valence-electron chi connectivity index (χ3n) is 4.55. The molecule has 3 rings (SSSR count). The maximum Gasteiger partial charge on any atom is 0.337 e. The number of benzene rings is 2. The van der Waals surface area contributed by atoms with E-state index in [1.807, 2.05) is 13.0 Å². The van der Waals surface area contributed by atoms with Gasteiger partial charge in [0, 0.05) is 17.9 Å². The molecule has 0 aliphatic carbocycles. The van der Waals surface area contributed by atoms with Crippen molar-refractivity contribution in [2.45, 2.75) is 19.9 Å². The second-order valence-electron chi connectivity index (χ2n) is 6.57. The van der Waals surface area contributed by atoms with Crippen LogP contribution >= 0.6 is 0 Å². The van der Waals surface area contributed by atoms with E-state index in [4.69, 9.17) is 16.2 Å². The minimum absolute atomic E-state index is 0.0153. The van der Waals surface area contributed by atoms with Gasteiger partial charge in [-0.1, -0.05) is 25.1 Å². The lowest BCUT2D eigenvalue weighted by atomic mass is 9.93. The van der Waals surface area contributed by atoms with Crippen LogP contribution in [0.2, 0.25) is 0 Å². The summed E-state index contributed by atoms with van der Waals surface area (Å²) >= 11 is 0. The molecule has 2 aromatic carbocycles. The molecule has 0 fully saturated rings. The molecule has 1 unspecified atom stereocenters. The standard InChI is InChI=1S/C20H22N4O3/c1-12-9-18(25)24(11-13-3-5-14(6-4-13)20(26)27-2)23-19(12)15-7-8-16(21)17(22)10-15/h3-8,10,12H,9,11,21-22H2,1-2H3. The van der Waals surface area contributed by atoms with Gasteiger partial charge in [0.25, 0.3) is 0 Å². The van der Waals surface area contributed by atoms with Crippen molar-refractivity contribution in [3.05, 3.63) is 59.2 Å². The van der Waals surface area contributed by atoms with Crippen LogP contribution in [0.4, 0.5) is 11.4 Å². The Labute approximate surface area is 157 Å². The summed E-state index contributed by atoms with van der Waals surface area (Å²) in [5.41, 5.74) is 15.7. The number of hydrogen-bond acceptors (Lipinski definition) is 6. The lowest BCUT2D eigenvalue weighted by Gasteiger charge is -2.28. The molecule has 0 spiro atoms. The van der Waals surface area contributed by atoms with Crippen molar-refractivity contribution < 1.29 is 14.3 Å². The first-order chi connectivity index (χ1) is 12.9. The number of esters is 1. The Hall–Kier alpha value is -3.35. The first-order valence-corrected chi connectivity index (χ1v) is 8.60. The number of rotatable bonds is 4. The van der Waals surface area contributed by atoms with E-state index in [0.717, 1.165) is 16.8 Å². The van der Waals surface area contributed by atoms with Crippen molar-refractivity contribution in [2.24, 2.45) is 11.0 Å². The van der Waals surface area contributed by atoms with E-state index in [1.54, 1.807) is 36.4 Å². The molecule has 1 aliphatic rings. The fraction of sp³-hybridized carbons (Fsp3) is 0.250. The molecule has 1 aliphatic heterocycles. The topological polar surface area (TPSA) is 111 Å². The number of methoxy groups -OCH3 is 1. The maximum atomic E-state index is 12.4. The van der Waals surface area contributed by atoms with E-state index in [9.17, 15) is 9.59 Å². The van der Waals surface area contributed by atoms with E-state index in [-0.39, 0.29) is 11.8 Å². The molecule has 0 bridgehead atoms. The molecule has 1 amide bonds. The van der Waals surface area contributed by atoms with Gasteiger partial charge in [-0.3, -0.25) is 4.79 Å². The van der Waals surface area contributed by atoms with Crippen LogP contribution < -0.4 is 11.5 Å². The van der Waals surface area contributed by atoms with Crippen molar-refractivity contribution >= 4 is 29.0 Å². The van der Waals surface area contributed by atoms with Gasteiger partial charge in [0.05, 0.1) is 36.3 Å². The summed E-state index contributed by atoms with van der Waals surface area (Å²) < 4.78 is 4.69. The van der Waals surface area contributed by atoms with E-state index in [1.165, 1.54) is 12.1 Å². The highest BCUT2D eigenvalue weighted by Crippen LogP contribution is 2.25. The molecule has 7 nitrogen and oxygen atoms in total. The number of hydrogen-bond donors (Lipinski definition) is 2. The lowest BCUT2D eigenvalue weighted by molar-refractivity contribution is -0.133. The van der Waals surface area contributed by atoms with Gasteiger partial charge in [0.2, 0.25) is 5.91 Å². The summed E-state index contributed by atoms with van der Waals surface area (Å²) in [6.07, 6.45) is 0.364. The zero-order valence-corrected chi connectivity index (χ0v) is 15.3. The summed E-state index contributed by atoms with van der Waals surface area (Å²) in [6, 6.07) is 12.3. The monoisotopic (exact) mass is 366 g/mol. The van der Waals surface area contributed by atoms with Gasteiger partial charge in [-0.2, -0.15) is 5.10 Å².